The number of ether oxygens (including phenoxy) is 1. The Morgan fingerprint density at radius 3 is 2.87 bits per heavy atom. The summed E-state index contributed by atoms with van der Waals surface area (Å²) in [6.45, 7) is 0.511. The van der Waals surface area contributed by atoms with Gasteiger partial charge >= 0.3 is 0 Å². The minimum absolute atomic E-state index is 0.00470. The summed E-state index contributed by atoms with van der Waals surface area (Å²) in [4.78, 5) is 25.5. The molecule has 0 aliphatic carbocycles. The SMILES string of the molecule is Cn1cnc2nc(N)n(Cc3nc([C@@H]4CO[C@@H](c5ccc(Cl)cc5)C4)no3)c(=O)c21. The zero-order valence-corrected chi connectivity index (χ0v) is 16.8. The van der Waals surface area contributed by atoms with Crippen molar-refractivity contribution in [2.75, 3.05) is 12.3 Å². The predicted octanol–water partition coefficient (Wildman–Crippen LogP) is 2.04. The maximum atomic E-state index is 12.8. The van der Waals surface area contributed by atoms with Crippen LogP contribution in [0.25, 0.3) is 11.2 Å². The molecule has 10 nitrogen and oxygen atoms in total. The molecular formula is C19H18ClN7O3. The smallest absolute Gasteiger partial charge is 0.281 e. The molecule has 3 aromatic heterocycles. The average molecular weight is 428 g/mol. The topological polar surface area (TPSA) is 127 Å². The highest BCUT2D eigenvalue weighted by molar-refractivity contribution is 6.30. The van der Waals surface area contributed by atoms with Crippen molar-refractivity contribution in [1.29, 1.82) is 0 Å². The lowest BCUT2D eigenvalue weighted by molar-refractivity contribution is 0.110. The molecule has 4 aromatic rings. The number of nitrogens with two attached hydrogens (primary N) is 1. The lowest BCUT2D eigenvalue weighted by atomic mass is 10.0. The number of aryl methyl sites for hydroxylation is 1. The van der Waals surface area contributed by atoms with Gasteiger partial charge in [-0.15, -0.1) is 0 Å². The van der Waals surface area contributed by atoms with E-state index in [0.717, 1.165) is 12.0 Å². The minimum atomic E-state index is -0.316. The standard InChI is InChI=1S/C19H18ClN7O3/c1-26-9-22-17-15(26)18(28)27(19(21)24-17)7-14-23-16(25-30-14)11-6-13(29-8-11)10-2-4-12(20)5-3-10/h2-5,9,11,13H,6-8H2,1H3,(H2,21,24)/t11-,13+/m0/s1. The first-order valence-electron chi connectivity index (χ1n) is 9.36. The van der Waals surface area contributed by atoms with Gasteiger partial charge in [0.15, 0.2) is 17.0 Å². The molecule has 0 radical (unpaired) electrons. The van der Waals surface area contributed by atoms with Crippen molar-refractivity contribution in [3.8, 4) is 0 Å². The van der Waals surface area contributed by atoms with Crippen molar-refractivity contribution < 1.29 is 9.26 Å². The number of halogens is 1. The number of benzene rings is 1. The van der Waals surface area contributed by atoms with Crippen LogP contribution in [0.4, 0.5) is 5.95 Å². The van der Waals surface area contributed by atoms with Crippen molar-refractivity contribution in [3.63, 3.8) is 0 Å². The van der Waals surface area contributed by atoms with Gasteiger partial charge in [-0.25, -0.2) is 4.98 Å². The Balaban J connectivity index is 1.35. The van der Waals surface area contributed by atoms with Crippen molar-refractivity contribution in [2.45, 2.75) is 25.0 Å². The number of nitrogen functional groups attached to an aromatic ring is 1. The molecule has 30 heavy (non-hydrogen) atoms. The molecule has 1 aliphatic heterocycles. The quantitative estimate of drug-likeness (QED) is 0.524. The lowest BCUT2D eigenvalue weighted by Crippen LogP contribution is -2.26. The normalized spacial score (nSPS) is 19.0. The fourth-order valence-electron chi connectivity index (χ4n) is 3.65. The summed E-state index contributed by atoms with van der Waals surface area (Å²) in [5, 5.41) is 4.77. The van der Waals surface area contributed by atoms with E-state index in [2.05, 4.69) is 20.1 Å². The van der Waals surface area contributed by atoms with E-state index in [-0.39, 0.29) is 36.0 Å². The third-order valence-corrected chi connectivity index (χ3v) is 5.50. The van der Waals surface area contributed by atoms with E-state index in [1.54, 1.807) is 11.6 Å². The van der Waals surface area contributed by atoms with E-state index >= 15 is 0 Å². The van der Waals surface area contributed by atoms with Gasteiger partial charge in [0.1, 0.15) is 6.54 Å². The van der Waals surface area contributed by atoms with Crippen molar-refractivity contribution in [1.82, 2.24) is 29.2 Å². The van der Waals surface area contributed by atoms with Gasteiger partial charge in [0.25, 0.3) is 5.56 Å². The van der Waals surface area contributed by atoms with Gasteiger partial charge in [0.05, 0.1) is 19.0 Å². The summed E-state index contributed by atoms with van der Waals surface area (Å²) in [5.41, 5.74) is 7.36. The van der Waals surface area contributed by atoms with Crippen LogP contribution in [0, 0.1) is 0 Å². The number of imidazole rings is 1. The zero-order valence-electron chi connectivity index (χ0n) is 16.0. The van der Waals surface area contributed by atoms with Gasteiger partial charge in [0.2, 0.25) is 11.8 Å². The fourth-order valence-corrected chi connectivity index (χ4v) is 3.78. The van der Waals surface area contributed by atoms with E-state index in [9.17, 15) is 4.79 Å². The molecule has 0 amide bonds. The molecule has 0 spiro atoms. The van der Waals surface area contributed by atoms with Crippen LogP contribution in [0.5, 0.6) is 0 Å². The molecule has 1 fully saturated rings. The highest BCUT2D eigenvalue weighted by Gasteiger charge is 2.31. The summed E-state index contributed by atoms with van der Waals surface area (Å²) in [6, 6.07) is 7.59. The van der Waals surface area contributed by atoms with Gasteiger partial charge < -0.3 is 19.6 Å². The third-order valence-electron chi connectivity index (χ3n) is 5.24. The summed E-state index contributed by atoms with van der Waals surface area (Å²) >= 11 is 5.95. The van der Waals surface area contributed by atoms with E-state index < -0.39 is 0 Å². The van der Waals surface area contributed by atoms with Crippen LogP contribution in [0.3, 0.4) is 0 Å². The number of aromatic nitrogens is 6. The van der Waals surface area contributed by atoms with E-state index in [1.165, 1.54) is 10.9 Å². The maximum Gasteiger partial charge on any atom is 0.281 e. The van der Waals surface area contributed by atoms with Crippen LogP contribution in [-0.4, -0.2) is 35.8 Å². The average Bonchev–Trinajstić information content (AvgIpc) is 3.46. The number of nitrogens with zero attached hydrogens (tertiary/aromatic N) is 6. The van der Waals surface area contributed by atoms with Crippen molar-refractivity contribution >= 4 is 28.7 Å². The zero-order chi connectivity index (χ0) is 20.8. The lowest BCUT2D eigenvalue weighted by Gasteiger charge is -2.09. The van der Waals surface area contributed by atoms with Crippen molar-refractivity contribution in [3.05, 3.63) is 63.2 Å². The molecule has 2 N–H and O–H groups in total. The third kappa shape index (κ3) is 3.23. The maximum absolute atomic E-state index is 12.8. The van der Waals surface area contributed by atoms with Crippen LogP contribution >= 0.6 is 11.6 Å². The second kappa shape index (κ2) is 7.22. The van der Waals surface area contributed by atoms with Gasteiger partial charge in [-0.3, -0.25) is 9.36 Å². The highest BCUT2D eigenvalue weighted by atomic mass is 35.5. The minimum Gasteiger partial charge on any atom is -0.373 e. The number of hydrogen-bond donors (Lipinski definition) is 1. The molecule has 11 heteroatoms. The number of hydrogen-bond acceptors (Lipinski definition) is 8. The Hall–Kier alpha value is -3.24. The van der Waals surface area contributed by atoms with E-state index in [4.69, 9.17) is 26.6 Å². The molecule has 2 atom stereocenters. The molecule has 0 saturated carbocycles. The van der Waals surface area contributed by atoms with Gasteiger partial charge in [0, 0.05) is 18.0 Å². The Bertz CT molecular complexity index is 1280. The molecule has 1 saturated heterocycles. The first kappa shape index (κ1) is 18.8. The number of rotatable bonds is 4. The highest BCUT2D eigenvalue weighted by Crippen LogP contribution is 2.37. The second-order valence-corrected chi connectivity index (χ2v) is 7.68. The molecule has 4 heterocycles. The molecule has 1 aromatic carbocycles. The van der Waals surface area contributed by atoms with Gasteiger partial charge in [-0.1, -0.05) is 28.9 Å². The van der Waals surface area contributed by atoms with Gasteiger partial charge in [-0.2, -0.15) is 9.97 Å². The van der Waals surface area contributed by atoms with Crippen LogP contribution in [0.2, 0.25) is 5.02 Å². The monoisotopic (exact) mass is 427 g/mol. The van der Waals surface area contributed by atoms with Crippen molar-refractivity contribution in [2.24, 2.45) is 7.05 Å². The van der Waals surface area contributed by atoms with E-state index in [0.29, 0.717) is 28.6 Å². The Morgan fingerprint density at radius 1 is 1.27 bits per heavy atom. The molecule has 0 unspecified atom stereocenters. The Morgan fingerprint density at radius 2 is 2.07 bits per heavy atom. The van der Waals surface area contributed by atoms with E-state index in [1.807, 2.05) is 24.3 Å². The summed E-state index contributed by atoms with van der Waals surface area (Å²) in [6.07, 6.45) is 2.19. The number of fused-ring (bicyclic) bond motifs is 1. The second-order valence-electron chi connectivity index (χ2n) is 7.24. The molecule has 1 aliphatic rings. The first-order chi connectivity index (χ1) is 14.5. The first-order valence-corrected chi connectivity index (χ1v) is 9.74. The Labute approximate surface area is 175 Å². The fraction of sp³-hybridized carbons (Fsp3) is 0.316. The largest absolute Gasteiger partial charge is 0.373 e. The summed E-state index contributed by atoms with van der Waals surface area (Å²) in [5.74, 6) is 0.854. The Kier molecular flexibility index (Phi) is 4.52. The number of anilines is 1. The predicted molar refractivity (Wildman–Crippen MR) is 108 cm³/mol. The molecule has 154 valence electrons. The summed E-state index contributed by atoms with van der Waals surface area (Å²) < 4.78 is 14.2. The van der Waals surface area contributed by atoms with Crippen LogP contribution < -0.4 is 11.3 Å². The van der Waals surface area contributed by atoms with Crippen LogP contribution in [0.15, 0.2) is 39.9 Å². The molecule has 5 rings (SSSR count). The summed E-state index contributed by atoms with van der Waals surface area (Å²) in [7, 11) is 1.72. The van der Waals surface area contributed by atoms with Crippen LogP contribution in [0.1, 0.15) is 35.7 Å². The van der Waals surface area contributed by atoms with Gasteiger partial charge in [-0.05, 0) is 24.1 Å². The molecular weight excluding hydrogens is 410 g/mol. The molecule has 0 bridgehead atoms. The van der Waals surface area contributed by atoms with Crippen LogP contribution in [-0.2, 0) is 18.3 Å².